The first-order valence-corrected chi connectivity index (χ1v) is 6.97. The predicted molar refractivity (Wildman–Crippen MR) is 78.7 cm³/mol. The first-order valence-electron chi connectivity index (χ1n) is 6.97. The van der Waals surface area contributed by atoms with E-state index in [0.29, 0.717) is 30.1 Å². The second-order valence-electron chi connectivity index (χ2n) is 5.13. The summed E-state index contributed by atoms with van der Waals surface area (Å²) in [6.07, 6.45) is 3.70. The first kappa shape index (κ1) is 14.1. The van der Waals surface area contributed by atoms with Crippen molar-refractivity contribution in [2.75, 3.05) is 18.4 Å². The number of urea groups is 1. The quantitative estimate of drug-likeness (QED) is 0.664. The molecular weight excluding hydrogens is 288 g/mol. The van der Waals surface area contributed by atoms with E-state index in [1.165, 1.54) is 11.1 Å². The molecule has 2 aromatic heterocycles. The molecule has 0 saturated carbocycles. The van der Waals surface area contributed by atoms with Crippen LogP contribution in [-0.2, 0) is 0 Å². The van der Waals surface area contributed by atoms with Gasteiger partial charge >= 0.3 is 12.1 Å². The van der Waals surface area contributed by atoms with Crippen LogP contribution in [0.2, 0.25) is 0 Å². The Kier molecular flexibility index (Phi) is 3.77. The van der Waals surface area contributed by atoms with Crippen molar-refractivity contribution < 1.29 is 14.7 Å². The Hall–Kier alpha value is -2.84. The molecular formula is C13H16N6O3. The highest BCUT2D eigenvalue weighted by molar-refractivity contribution is 5.89. The number of carbonyl (C=O) groups is 2. The van der Waals surface area contributed by atoms with Gasteiger partial charge in [-0.15, -0.1) is 0 Å². The fourth-order valence-electron chi connectivity index (χ4n) is 2.50. The molecule has 2 aromatic rings. The van der Waals surface area contributed by atoms with Crippen LogP contribution in [0.4, 0.5) is 15.4 Å². The van der Waals surface area contributed by atoms with Crippen molar-refractivity contribution in [3.05, 3.63) is 18.5 Å². The summed E-state index contributed by atoms with van der Waals surface area (Å²) in [5.74, 6) is 0.343. The molecule has 1 unspecified atom stereocenters. The molecule has 0 aliphatic carbocycles. The minimum Gasteiger partial charge on any atom is -0.465 e. The zero-order chi connectivity index (χ0) is 15.5. The van der Waals surface area contributed by atoms with Crippen molar-refractivity contribution >= 4 is 29.1 Å². The maximum absolute atomic E-state index is 12.0. The molecule has 1 aliphatic rings. The van der Waals surface area contributed by atoms with Gasteiger partial charge in [0.05, 0.1) is 6.20 Å². The number of nitrogens with one attached hydrogen (secondary N) is 3. The number of aromatic nitrogens is 3. The van der Waals surface area contributed by atoms with Crippen LogP contribution in [-0.4, -0.2) is 56.2 Å². The van der Waals surface area contributed by atoms with Crippen LogP contribution in [0.25, 0.3) is 11.2 Å². The summed E-state index contributed by atoms with van der Waals surface area (Å²) < 4.78 is 0. The number of H-pyrrole nitrogens is 1. The highest BCUT2D eigenvalue weighted by atomic mass is 16.4. The Bertz CT molecular complexity index is 700. The van der Waals surface area contributed by atoms with Gasteiger partial charge in [-0.1, -0.05) is 0 Å². The lowest BCUT2D eigenvalue weighted by Gasteiger charge is -2.31. The highest BCUT2D eigenvalue weighted by Gasteiger charge is 2.24. The number of carboxylic acid groups (broad SMARTS) is 1. The number of fused-ring (bicyclic) bond motifs is 1. The molecule has 9 nitrogen and oxygen atoms in total. The molecule has 1 atom stereocenters. The Morgan fingerprint density at radius 2 is 2.32 bits per heavy atom. The van der Waals surface area contributed by atoms with E-state index in [2.05, 4.69) is 25.6 Å². The Morgan fingerprint density at radius 3 is 3.14 bits per heavy atom. The van der Waals surface area contributed by atoms with Gasteiger partial charge in [0.2, 0.25) is 0 Å². The number of nitrogens with zero attached hydrogens (tertiary/aromatic N) is 3. The molecule has 0 bridgehead atoms. The maximum Gasteiger partial charge on any atom is 0.407 e. The van der Waals surface area contributed by atoms with Gasteiger partial charge in [0.1, 0.15) is 5.52 Å². The average Bonchev–Trinajstić information content (AvgIpc) is 2.95. The van der Waals surface area contributed by atoms with Crippen LogP contribution in [0.15, 0.2) is 18.5 Å². The molecule has 3 heterocycles. The van der Waals surface area contributed by atoms with E-state index in [9.17, 15) is 9.59 Å². The molecule has 0 radical (unpaired) electrons. The standard InChI is InChI=1S/C13H16N6O3/c20-12(16-8-2-1-5-19(7-8)13(21)22)18-10-6-15-11-9(17-10)3-4-14-11/h3-4,6,8H,1-2,5,7H2,(H,14,15)(H,21,22)(H2,16,17,18,20). The number of carbonyl (C=O) groups excluding carboxylic acids is 1. The monoisotopic (exact) mass is 304 g/mol. The number of piperidine rings is 1. The van der Waals surface area contributed by atoms with Crippen molar-refractivity contribution in [3.63, 3.8) is 0 Å². The fraction of sp³-hybridized carbons (Fsp3) is 0.385. The van der Waals surface area contributed by atoms with Gasteiger partial charge in [0.15, 0.2) is 11.5 Å². The fourth-order valence-corrected chi connectivity index (χ4v) is 2.50. The van der Waals surface area contributed by atoms with E-state index in [1.54, 1.807) is 12.3 Å². The molecule has 0 aromatic carbocycles. The third-order valence-electron chi connectivity index (χ3n) is 3.53. The normalized spacial score (nSPS) is 18.2. The van der Waals surface area contributed by atoms with E-state index in [-0.39, 0.29) is 6.04 Å². The van der Waals surface area contributed by atoms with Gasteiger partial charge in [0, 0.05) is 25.3 Å². The van der Waals surface area contributed by atoms with E-state index < -0.39 is 12.1 Å². The van der Waals surface area contributed by atoms with Crippen molar-refractivity contribution in [2.24, 2.45) is 0 Å². The van der Waals surface area contributed by atoms with Crippen LogP contribution in [0, 0.1) is 0 Å². The van der Waals surface area contributed by atoms with Crippen molar-refractivity contribution in [1.29, 1.82) is 0 Å². The minimum atomic E-state index is -0.962. The number of aromatic amines is 1. The van der Waals surface area contributed by atoms with Gasteiger partial charge in [-0.3, -0.25) is 5.32 Å². The number of anilines is 1. The Labute approximate surface area is 125 Å². The third-order valence-corrected chi connectivity index (χ3v) is 3.53. The molecule has 3 amide bonds. The lowest BCUT2D eigenvalue weighted by atomic mass is 10.1. The zero-order valence-electron chi connectivity index (χ0n) is 11.7. The smallest absolute Gasteiger partial charge is 0.407 e. The second-order valence-corrected chi connectivity index (χ2v) is 5.13. The molecule has 4 N–H and O–H groups in total. The van der Waals surface area contributed by atoms with Crippen LogP contribution in [0.1, 0.15) is 12.8 Å². The molecule has 22 heavy (non-hydrogen) atoms. The predicted octanol–water partition coefficient (Wildman–Crippen LogP) is 1.22. The maximum atomic E-state index is 12.0. The number of rotatable bonds is 2. The SMILES string of the molecule is O=C(Nc1cnc2[nH]ccc2n1)NC1CCCN(C(=O)O)C1. The number of amides is 3. The van der Waals surface area contributed by atoms with Crippen LogP contribution >= 0.6 is 0 Å². The Balaban J connectivity index is 1.58. The molecule has 0 spiro atoms. The van der Waals surface area contributed by atoms with E-state index in [4.69, 9.17) is 5.11 Å². The van der Waals surface area contributed by atoms with Crippen molar-refractivity contribution in [3.8, 4) is 0 Å². The second kappa shape index (κ2) is 5.88. The number of hydrogen-bond donors (Lipinski definition) is 4. The van der Waals surface area contributed by atoms with Gasteiger partial charge in [-0.25, -0.2) is 19.6 Å². The zero-order valence-corrected chi connectivity index (χ0v) is 11.7. The van der Waals surface area contributed by atoms with Gasteiger partial charge in [0.25, 0.3) is 0 Å². The lowest BCUT2D eigenvalue weighted by Crippen LogP contribution is -2.50. The van der Waals surface area contributed by atoms with E-state index >= 15 is 0 Å². The molecule has 116 valence electrons. The molecule has 1 aliphatic heterocycles. The summed E-state index contributed by atoms with van der Waals surface area (Å²) in [6.45, 7) is 0.802. The topological polar surface area (TPSA) is 123 Å². The number of likely N-dealkylation sites (tertiary alicyclic amines) is 1. The van der Waals surface area contributed by atoms with Crippen LogP contribution in [0.3, 0.4) is 0 Å². The largest absolute Gasteiger partial charge is 0.465 e. The molecule has 3 rings (SSSR count). The van der Waals surface area contributed by atoms with Crippen LogP contribution in [0.5, 0.6) is 0 Å². The lowest BCUT2D eigenvalue weighted by molar-refractivity contribution is 0.127. The summed E-state index contributed by atoms with van der Waals surface area (Å²) in [4.78, 5) is 35.5. The van der Waals surface area contributed by atoms with Gasteiger partial charge in [-0.05, 0) is 18.9 Å². The third kappa shape index (κ3) is 3.08. The average molecular weight is 304 g/mol. The molecule has 1 fully saturated rings. The summed E-state index contributed by atoms with van der Waals surface area (Å²) in [7, 11) is 0. The molecule has 9 heteroatoms. The highest BCUT2D eigenvalue weighted by Crippen LogP contribution is 2.12. The summed E-state index contributed by atoms with van der Waals surface area (Å²) in [5.41, 5.74) is 1.31. The van der Waals surface area contributed by atoms with Crippen molar-refractivity contribution in [2.45, 2.75) is 18.9 Å². The van der Waals surface area contributed by atoms with E-state index in [0.717, 1.165) is 12.8 Å². The van der Waals surface area contributed by atoms with Crippen LogP contribution < -0.4 is 10.6 Å². The minimum absolute atomic E-state index is 0.200. The first-order chi connectivity index (χ1) is 10.6. The summed E-state index contributed by atoms with van der Waals surface area (Å²) in [5, 5.41) is 14.4. The summed E-state index contributed by atoms with van der Waals surface area (Å²) >= 11 is 0. The summed E-state index contributed by atoms with van der Waals surface area (Å²) in [6, 6.07) is 1.15. The van der Waals surface area contributed by atoms with Gasteiger partial charge in [-0.2, -0.15) is 0 Å². The number of hydrogen-bond acceptors (Lipinski definition) is 4. The Morgan fingerprint density at radius 1 is 1.45 bits per heavy atom. The van der Waals surface area contributed by atoms with Gasteiger partial charge < -0.3 is 20.3 Å². The van der Waals surface area contributed by atoms with Crippen molar-refractivity contribution in [1.82, 2.24) is 25.2 Å². The molecule has 1 saturated heterocycles. The van der Waals surface area contributed by atoms with E-state index in [1.807, 2.05) is 0 Å².